The highest BCUT2D eigenvalue weighted by molar-refractivity contribution is 9.10. The van der Waals surface area contributed by atoms with Crippen LogP contribution in [0.1, 0.15) is 20.3 Å². The van der Waals surface area contributed by atoms with Gasteiger partial charge in [0.2, 0.25) is 0 Å². The summed E-state index contributed by atoms with van der Waals surface area (Å²) in [7, 11) is 0. The number of nitrogens with zero attached hydrogens (tertiary/aromatic N) is 2. The lowest BCUT2D eigenvalue weighted by atomic mass is 9.89. The molecule has 1 aromatic rings. The van der Waals surface area contributed by atoms with Crippen molar-refractivity contribution in [3.8, 4) is 0 Å². The van der Waals surface area contributed by atoms with Gasteiger partial charge in [0.1, 0.15) is 0 Å². The molecule has 6 heteroatoms. The quantitative estimate of drug-likeness (QED) is 0.595. The third kappa shape index (κ3) is 4.22. The summed E-state index contributed by atoms with van der Waals surface area (Å²) in [5.41, 5.74) is 1.47. The zero-order valence-corrected chi connectivity index (χ0v) is 16.1. The van der Waals surface area contributed by atoms with Crippen LogP contribution in [0.3, 0.4) is 0 Å². The SMILES string of the molecule is CCNC(=NCC1(C)COC1)NC1CCN(c2ccccc2Br)C1. The number of benzene rings is 1. The summed E-state index contributed by atoms with van der Waals surface area (Å²) in [6.45, 7) is 9.70. The van der Waals surface area contributed by atoms with Gasteiger partial charge in [0, 0.05) is 35.6 Å². The van der Waals surface area contributed by atoms with Crippen LogP contribution >= 0.6 is 15.9 Å². The molecule has 1 atom stereocenters. The Morgan fingerprint density at radius 2 is 2.21 bits per heavy atom. The fourth-order valence-electron chi connectivity index (χ4n) is 3.13. The summed E-state index contributed by atoms with van der Waals surface area (Å²) in [5, 5.41) is 6.96. The molecule has 0 aromatic heterocycles. The number of para-hydroxylation sites is 1. The molecule has 3 rings (SSSR count). The fourth-order valence-corrected chi connectivity index (χ4v) is 3.67. The summed E-state index contributed by atoms with van der Waals surface area (Å²) in [5.74, 6) is 0.921. The van der Waals surface area contributed by atoms with Gasteiger partial charge in [-0.3, -0.25) is 4.99 Å². The van der Waals surface area contributed by atoms with E-state index in [1.165, 1.54) is 5.69 Å². The molecule has 5 nitrogen and oxygen atoms in total. The van der Waals surface area contributed by atoms with Gasteiger partial charge in [-0.05, 0) is 41.4 Å². The smallest absolute Gasteiger partial charge is 0.191 e. The van der Waals surface area contributed by atoms with Crippen molar-refractivity contribution in [3.63, 3.8) is 0 Å². The second-order valence-electron chi connectivity index (χ2n) is 7.03. The Bertz CT molecular complexity index is 588. The lowest BCUT2D eigenvalue weighted by molar-refractivity contribution is -0.0945. The van der Waals surface area contributed by atoms with E-state index < -0.39 is 0 Å². The molecule has 2 aliphatic rings. The van der Waals surface area contributed by atoms with Crippen LogP contribution in [0.4, 0.5) is 5.69 Å². The first-order valence-corrected chi connectivity index (χ1v) is 9.51. The molecule has 0 aliphatic carbocycles. The predicted molar refractivity (Wildman–Crippen MR) is 103 cm³/mol. The van der Waals surface area contributed by atoms with Crippen molar-refractivity contribution in [2.45, 2.75) is 26.3 Å². The van der Waals surface area contributed by atoms with E-state index in [2.05, 4.69) is 69.6 Å². The van der Waals surface area contributed by atoms with Gasteiger partial charge in [0.15, 0.2) is 5.96 Å². The number of ether oxygens (including phenoxy) is 1. The van der Waals surface area contributed by atoms with Gasteiger partial charge in [-0.2, -0.15) is 0 Å². The largest absolute Gasteiger partial charge is 0.380 e. The Kier molecular flexibility index (Phi) is 5.66. The van der Waals surface area contributed by atoms with E-state index in [1.807, 2.05) is 0 Å². The normalized spacial score (nSPS) is 23.0. The maximum Gasteiger partial charge on any atom is 0.191 e. The molecule has 2 saturated heterocycles. The molecule has 0 bridgehead atoms. The Morgan fingerprint density at radius 1 is 1.42 bits per heavy atom. The number of guanidine groups is 1. The van der Waals surface area contributed by atoms with Crippen LogP contribution in [-0.4, -0.2) is 51.4 Å². The topological polar surface area (TPSA) is 48.9 Å². The van der Waals surface area contributed by atoms with Crippen LogP contribution in [0.2, 0.25) is 0 Å². The third-order valence-electron chi connectivity index (χ3n) is 4.59. The highest BCUT2D eigenvalue weighted by atomic mass is 79.9. The highest BCUT2D eigenvalue weighted by Gasteiger charge is 2.33. The third-order valence-corrected chi connectivity index (χ3v) is 5.26. The summed E-state index contributed by atoms with van der Waals surface area (Å²) in [6.07, 6.45) is 1.12. The summed E-state index contributed by atoms with van der Waals surface area (Å²) >= 11 is 3.65. The Hall–Kier alpha value is -1.27. The molecule has 0 amide bonds. The minimum atomic E-state index is 0.207. The summed E-state index contributed by atoms with van der Waals surface area (Å²) < 4.78 is 6.47. The molecule has 0 radical (unpaired) electrons. The van der Waals surface area contributed by atoms with E-state index in [1.54, 1.807) is 0 Å². The van der Waals surface area contributed by atoms with Crippen molar-refractivity contribution in [2.75, 3.05) is 44.3 Å². The number of hydrogen-bond donors (Lipinski definition) is 2. The van der Waals surface area contributed by atoms with Crippen molar-refractivity contribution in [2.24, 2.45) is 10.4 Å². The van der Waals surface area contributed by atoms with Gasteiger partial charge in [0.25, 0.3) is 0 Å². The number of rotatable bonds is 5. The molecule has 0 spiro atoms. The van der Waals surface area contributed by atoms with Crippen LogP contribution in [0.25, 0.3) is 0 Å². The van der Waals surface area contributed by atoms with E-state index in [0.717, 1.165) is 56.2 Å². The van der Waals surface area contributed by atoms with E-state index in [0.29, 0.717) is 6.04 Å². The molecular weight excluding hydrogens is 368 g/mol. The maximum atomic E-state index is 5.32. The molecule has 0 saturated carbocycles. The first-order valence-electron chi connectivity index (χ1n) is 8.72. The molecule has 132 valence electrons. The Morgan fingerprint density at radius 3 is 2.88 bits per heavy atom. The second kappa shape index (κ2) is 7.74. The van der Waals surface area contributed by atoms with Crippen LogP contribution in [0, 0.1) is 5.41 Å². The average molecular weight is 395 g/mol. The fraction of sp³-hybridized carbons (Fsp3) is 0.611. The Labute approximate surface area is 153 Å². The number of anilines is 1. The molecular formula is C18H27BrN4O. The molecule has 2 fully saturated rings. The number of hydrogen-bond acceptors (Lipinski definition) is 3. The lowest BCUT2D eigenvalue weighted by Gasteiger charge is -2.36. The first-order chi connectivity index (χ1) is 11.6. The van der Waals surface area contributed by atoms with Gasteiger partial charge in [-0.15, -0.1) is 0 Å². The van der Waals surface area contributed by atoms with Gasteiger partial charge in [-0.1, -0.05) is 19.1 Å². The number of aliphatic imine (C=N–C) groups is 1. The molecule has 1 aromatic carbocycles. The van der Waals surface area contributed by atoms with Gasteiger partial charge in [-0.25, -0.2) is 0 Å². The van der Waals surface area contributed by atoms with Crippen molar-refractivity contribution in [1.82, 2.24) is 10.6 Å². The van der Waals surface area contributed by atoms with E-state index in [-0.39, 0.29) is 5.41 Å². The Balaban J connectivity index is 1.58. The standard InChI is InChI=1S/C18H27BrN4O/c1-3-20-17(21-11-18(2)12-24-13-18)22-14-8-9-23(10-14)16-7-5-4-6-15(16)19/h4-7,14H,3,8-13H2,1-2H3,(H2,20,21,22). The van der Waals surface area contributed by atoms with Crippen molar-refractivity contribution < 1.29 is 4.74 Å². The summed E-state index contributed by atoms with van der Waals surface area (Å²) in [4.78, 5) is 7.20. The maximum absolute atomic E-state index is 5.32. The lowest BCUT2D eigenvalue weighted by Crippen LogP contribution is -2.47. The van der Waals surface area contributed by atoms with E-state index >= 15 is 0 Å². The molecule has 2 N–H and O–H groups in total. The van der Waals surface area contributed by atoms with Crippen molar-refractivity contribution in [3.05, 3.63) is 28.7 Å². The van der Waals surface area contributed by atoms with Gasteiger partial charge in [0.05, 0.1) is 25.4 Å². The minimum Gasteiger partial charge on any atom is -0.380 e. The predicted octanol–water partition coefficient (Wildman–Crippen LogP) is 2.62. The molecule has 24 heavy (non-hydrogen) atoms. The van der Waals surface area contributed by atoms with Crippen LogP contribution in [0.15, 0.2) is 33.7 Å². The average Bonchev–Trinajstić information content (AvgIpc) is 3.00. The number of nitrogens with one attached hydrogen (secondary N) is 2. The zero-order valence-electron chi connectivity index (χ0n) is 14.5. The van der Waals surface area contributed by atoms with E-state index in [4.69, 9.17) is 9.73 Å². The monoisotopic (exact) mass is 394 g/mol. The second-order valence-corrected chi connectivity index (χ2v) is 7.88. The van der Waals surface area contributed by atoms with Crippen LogP contribution in [-0.2, 0) is 4.74 Å². The van der Waals surface area contributed by atoms with Gasteiger partial charge >= 0.3 is 0 Å². The van der Waals surface area contributed by atoms with Crippen molar-refractivity contribution in [1.29, 1.82) is 0 Å². The van der Waals surface area contributed by atoms with Crippen molar-refractivity contribution >= 4 is 27.6 Å². The molecule has 2 heterocycles. The zero-order chi connectivity index (χ0) is 17.0. The summed E-state index contributed by atoms with van der Waals surface area (Å²) in [6, 6.07) is 8.83. The van der Waals surface area contributed by atoms with Crippen LogP contribution < -0.4 is 15.5 Å². The van der Waals surface area contributed by atoms with Gasteiger partial charge < -0.3 is 20.3 Å². The van der Waals surface area contributed by atoms with Crippen LogP contribution in [0.5, 0.6) is 0 Å². The van der Waals surface area contributed by atoms with E-state index in [9.17, 15) is 0 Å². The molecule has 2 aliphatic heterocycles. The highest BCUT2D eigenvalue weighted by Crippen LogP contribution is 2.29. The molecule has 1 unspecified atom stereocenters. The minimum absolute atomic E-state index is 0.207. The number of halogens is 1. The first kappa shape index (κ1) is 17.5.